The zero-order valence-corrected chi connectivity index (χ0v) is 10.3. The van der Waals surface area contributed by atoms with E-state index >= 15 is 0 Å². The maximum atomic E-state index is 12.0. The number of nitrogens with one attached hydrogen (secondary N) is 1. The van der Waals surface area contributed by atoms with E-state index in [9.17, 15) is 4.79 Å². The van der Waals surface area contributed by atoms with E-state index in [0.717, 1.165) is 12.8 Å². The third-order valence-electron chi connectivity index (χ3n) is 3.05. The molecule has 1 aliphatic rings. The minimum atomic E-state index is -0.179. The number of pyridine rings is 1. The molecule has 0 radical (unpaired) electrons. The average Bonchev–Trinajstić information content (AvgIpc) is 2.33. The number of nitrogen functional groups attached to an aromatic ring is 1. The van der Waals surface area contributed by atoms with Gasteiger partial charge in [-0.1, -0.05) is 30.9 Å². The van der Waals surface area contributed by atoms with Crippen molar-refractivity contribution in [2.75, 3.05) is 5.73 Å². The Bertz CT molecular complexity index is 416. The third kappa shape index (κ3) is 3.09. The van der Waals surface area contributed by atoms with Crippen LogP contribution < -0.4 is 11.1 Å². The Morgan fingerprint density at radius 2 is 2.12 bits per heavy atom. The van der Waals surface area contributed by atoms with Crippen LogP contribution in [0.1, 0.15) is 42.5 Å². The summed E-state index contributed by atoms with van der Waals surface area (Å²) in [5.41, 5.74) is 6.40. The molecular formula is C12H16ClN3O. The van der Waals surface area contributed by atoms with E-state index in [1.807, 2.05) is 0 Å². The first-order valence-electron chi connectivity index (χ1n) is 5.88. The Morgan fingerprint density at radius 3 is 2.82 bits per heavy atom. The lowest BCUT2D eigenvalue weighted by Gasteiger charge is -2.22. The minimum absolute atomic E-state index is 0.179. The number of anilines is 1. The molecule has 3 N–H and O–H groups in total. The number of rotatable bonds is 2. The molecule has 17 heavy (non-hydrogen) atoms. The topological polar surface area (TPSA) is 68.0 Å². The molecule has 0 atom stereocenters. The highest BCUT2D eigenvalue weighted by Crippen LogP contribution is 2.20. The van der Waals surface area contributed by atoms with E-state index in [-0.39, 0.29) is 17.1 Å². The third-order valence-corrected chi connectivity index (χ3v) is 3.35. The van der Waals surface area contributed by atoms with Gasteiger partial charge in [0.25, 0.3) is 5.91 Å². The Balaban J connectivity index is 2.05. The summed E-state index contributed by atoms with van der Waals surface area (Å²) in [4.78, 5) is 15.9. The number of hydrogen-bond donors (Lipinski definition) is 2. The minimum Gasteiger partial charge on any atom is -0.397 e. The standard InChI is InChI=1S/C12H16ClN3O/c13-11-10(6-8(14)7-15-11)12(17)16-9-4-2-1-3-5-9/h6-7,9H,1-5,14H2,(H,16,17). The molecular weight excluding hydrogens is 238 g/mol. The molecule has 4 nitrogen and oxygen atoms in total. The van der Waals surface area contributed by atoms with Crippen LogP contribution in [0.5, 0.6) is 0 Å². The number of halogens is 1. The first kappa shape index (κ1) is 12.2. The molecule has 1 fully saturated rings. The van der Waals surface area contributed by atoms with Crippen LogP contribution in [0, 0.1) is 0 Å². The van der Waals surface area contributed by atoms with E-state index in [1.54, 1.807) is 6.07 Å². The SMILES string of the molecule is Nc1cnc(Cl)c(C(=O)NC2CCCCC2)c1. The van der Waals surface area contributed by atoms with Crippen LogP contribution in [0.15, 0.2) is 12.3 Å². The summed E-state index contributed by atoms with van der Waals surface area (Å²) in [6.45, 7) is 0. The summed E-state index contributed by atoms with van der Waals surface area (Å²) in [6.07, 6.45) is 7.13. The quantitative estimate of drug-likeness (QED) is 0.795. The van der Waals surface area contributed by atoms with Gasteiger partial charge >= 0.3 is 0 Å². The van der Waals surface area contributed by atoms with Crippen molar-refractivity contribution in [1.29, 1.82) is 0 Å². The van der Waals surface area contributed by atoms with E-state index in [4.69, 9.17) is 17.3 Å². The highest BCUT2D eigenvalue weighted by Gasteiger charge is 2.18. The first-order chi connectivity index (χ1) is 8.16. The fraction of sp³-hybridized carbons (Fsp3) is 0.500. The number of hydrogen-bond acceptors (Lipinski definition) is 3. The molecule has 1 amide bonds. The van der Waals surface area contributed by atoms with Gasteiger partial charge in [-0.2, -0.15) is 0 Å². The summed E-state index contributed by atoms with van der Waals surface area (Å²) in [7, 11) is 0. The Morgan fingerprint density at radius 1 is 1.41 bits per heavy atom. The molecule has 0 saturated heterocycles. The van der Waals surface area contributed by atoms with E-state index < -0.39 is 0 Å². The van der Waals surface area contributed by atoms with Gasteiger partial charge in [0.15, 0.2) is 0 Å². The smallest absolute Gasteiger partial charge is 0.254 e. The molecule has 0 aromatic carbocycles. The summed E-state index contributed by atoms with van der Waals surface area (Å²) in [5.74, 6) is -0.179. The number of carbonyl (C=O) groups excluding carboxylic acids is 1. The lowest BCUT2D eigenvalue weighted by atomic mass is 9.95. The molecule has 1 aromatic rings. The monoisotopic (exact) mass is 253 g/mol. The van der Waals surface area contributed by atoms with Crippen LogP contribution in [0.4, 0.5) is 5.69 Å². The van der Waals surface area contributed by atoms with E-state index in [2.05, 4.69) is 10.3 Å². The molecule has 1 aliphatic carbocycles. The molecule has 0 bridgehead atoms. The fourth-order valence-corrected chi connectivity index (χ4v) is 2.32. The largest absolute Gasteiger partial charge is 0.397 e. The van der Waals surface area contributed by atoms with Gasteiger partial charge in [-0.05, 0) is 18.9 Å². The highest BCUT2D eigenvalue weighted by molar-refractivity contribution is 6.32. The van der Waals surface area contributed by atoms with E-state index in [1.165, 1.54) is 25.5 Å². The summed E-state index contributed by atoms with van der Waals surface area (Å²) >= 11 is 5.88. The van der Waals surface area contributed by atoms with Gasteiger partial charge in [-0.15, -0.1) is 0 Å². The van der Waals surface area contributed by atoms with Gasteiger partial charge in [0.1, 0.15) is 5.15 Å². The fourth-order valence-electron chi connectivity index (χ4n) is 2.13. The zero-order valence-electron chi connectivity index (χ0n) is 9.58. The maximum Gasteiger partial charge on any atom is 0.254 e. The van der Waals surface area contributed by atoms with Crippen molar-refractivity contribution in [2.24, 2.45) is 0 Å². The molecule has 0 unspecified atom stereocenters. The Labute approximate surface area is 106 Å². The summed E-state index contributed by atoms with van der Waals surface area (Å²) in [5, 5.41) is 3.19. The van der Waals surface area contributed by atoms with Gasteiger partial charge in [-0.3, -0.25) is 4.79 Å². The van der Waals surface area contributed by atoms with Crippen molar-refractivity contribution in [3.05, 3.63) is 23.0 Å². The molecule has 92 valence electrons. The Kier molecular flexibility index (Phi) is 3.84. The van der Waals surface area contributed by atoms with Crippen LogP contribution in [0.3, 0.4) is 0 Å². The van der Waals surface area contributed by atoms with Crippen molar-refractivity contribution < 1.29 is 4.79 Å². The van der Waals surface area contributed by atoms with Crippen LogP contribution in [0.2, 0.25) is 5.15 Å². The van der Waals surface area contributed by atoms with E-state index in [0.29, 0.717) is 11.3 Å². The van der Waals surface area contributed by atoms with Gasteiger partial charge < -0.3 is 11.1 Å². The number of amides is 1. The van der Waals surface area contributed by atoms with Gasteiger partial charge in [-0.25, -0.2) is 4.98 Å². The van der Waals surface area contributed by atoms with Crippen molar-refractivity contribution in [3.8, 4) is 0 Å². The average molecular weight is 254 g/mol. The first-order valence-corrected chi connectivity index (χ1v) is 6.26. The number of aromatic nitrogens is 1. The zero-order chi connectivity index (χ0) is 12.3. The number of nitrogens with two attached hydrogens (primary N) is 1. The van der Waals surface area contributed by atoms with Crippen molar-refractivity contribution in [1.82, 2.24) is 10.3 Å². The number of carbonyl (C=O) groups is 1. The van der Waals surface area contributed by atoms with Crippen LogP contribution in [0.25, 0.3) is 0 Å². The van der Waals surface area contributed by atoms with Crippen LogP contribution >= 0.6 is 11.6 Å². The number of nitrogens with zero attached hydrogens (tertiary/aromatic N) is 1. The van der Waals surface area contributed by atoms with Crippen molar-refractivity contribution in [2.45, 2.75) is 38.1 Å². The molecule has 1 saturated carbocycles. The normalized spacial score (nSPS) is 16.8. The van der Waals surface area contributed by atoms with Crippen molar-refractivity contribution in [3.63, 3.8) is 0 Å². The van der Waals surface area contributed by atoms with Crippen LogP contribution in [-0.2, 0) is 0 Å². The second-order valence-corrected chi connectivity index (χ2v) is 4.77. The van der Waals surface area contributed by atoms with Gasteiger partial charge in [0.05, 0.1) is 17.4 Å². The molecule has 5 heteroatoms. The maximum absolute atomic E-state index is 12.0. The second-order valence-electron chi connectivity index (χ2n) is 4.42. The predicted octanol–water partition coefficient (Wildman–Crippen LogP) is 2.38. The lowest BCUT2D eigenvalue weighted by molar-refractivity contribution is 0.0927. The predicted molar refractivity (Wildman–Crippen MR) is 68.0 cm³/mol. The van der Waals surface area contributed by atoms with Gasteiger partial charge in [0, 0.05) is 6.04 Å². The molecule has 1 aromatic heterocycles. The van der Waals surface area contributed by atoms with Crippen molar-refractivity contribution >= 4 is 23.2 Å². The summed E-state index contributed by atoms with van der Waals surface area (Å²) < 4.78 is 0. The summed E-state index contributed by atoms with van der Waals surface area (Å²) in [6, 6.07) is 1.82. The molecule has 0 aliphatic heterocycles. The highest BCUT2D eigenvalue weighted by atomic mass is 35.5. The van der Waals surface area contributed by atoms with Gasteiger partial charge in [0.2, 0.25) is 0 Å². The molecule has 0 spiro atoms. The lowest BCUT2D eigenvalue weighted by Crippen LogP contribution is -2.36. The Hall–Kier alpha value is -1.29. The second kappa shape index (κ2) is 5.36. The molecule has 1 heterocycles. The molecule has 2 rings (SSSR count). The van der Waals surface area contributed by atoms with Crippen LogP contribution in [-0.4, -0.2) is 16.9 Å².